The van der Waals surface area contributed by atoms with Gasteiger partial charge in [-0.3, -0.25) is 9.59 Å². The molecule has 1 aromatic heterocycles. The minimum Gasteiger partial charge on any atom is -0.324 e. The van der Waals surface area contributed by atoms with Crippen LogP contribution in [0.4, 0.5) is 11.4 Å². The van der Waals surface area contributed by atoms with E-state index < -0.39 is 0 Å². The van der Waals surface area contributed by atoms with Gasteiger partial charge in [-0.25, -0.2) is 4.68 Å². The molecule has 1 aliphatic heterocycles. The van der Waals surface area contributed by atoms with Crippen LogP contribution in [-0.4, -0.2) is 44.3 Å². The Kier molecular flexibility index (Phi) is 5.85. The minimum atomic E-state index is -0.177. The topological polar surface area (TPSA) is 93.0 Å². The molecule has 0 bridgehead atoms. The minimum absolute atomic E-state index is 0.0844. The Bertz CT molecular complexity index is 1010. The number of para-hydroxylation sites is 2. The summed E-state index contributed by atoms with van der Waals surface area (Å²) in [6.45, 7) is 1.21. The third kappa shape index (κ3) is 4.62. The second kappa shape index (κ2) is 8.87. The van der Waals surface area contributed by atoms with Crippen molar-refractivity contribution in [3.05, 3.63) is 60.2 Å². The number of nitrogens with zero attached hydrogens (tertiary/aromatic N) is 5. The molecule has 0 unspecified atom stereocenters. The summed E-state index contributed by atoms with van der Waals surface area (Å²) in [5, 5.41) is 15.2. The molecule has 4 rings (SSSR count). The summed E-state index contributed by atoms with van der Waals surface area (Å²) < 4.78 is 1.67. The van der Waals surface area contributed by atoms with Crippen LogP contribution in [0.1, 0.15) is 18.4 Å². The summed E-state index contributed by atoms with van der Waals surface area (Å²) in [6, 6.07) is 17.2. The lowest BCUT2D eigenvalue weighted by Gasteiger charge is -2.19. The first-order chi connectivity index (χ1) is 14.2. The summed E-state index contributed by atoms with van der Waals surface area (Å²) in [5.41, 5.74) is 2.45. The van der Waals surface area contributed by atoms with Crippen LogP contribution >= 0.6 is 11.8 Å². The van der Waals surface area contributed by atoms with E-state index >= 15 is 0 Å². The Hall–Kier alpha value is -3.20. The average Bonchev–Trinajstić information content (AvgIpc) is 3.36. The molecule has 1 saturated heterocycles. The first kappa shape index (κ1) is 19.1. The fraction of sp³-hybridized carbons (Fsp3) is 0.250. The molecule has 0 spiro atoms. The van der Waals surface area contributed by atoms with E-state index in [4.69, 9.17) is 0 Å². The largest absolute Gasteiger partial charge is 0.324 e. The van der Waals surface area contributed by atoms with Crippen LogP contribution in [-0.2, 0) is 16.1 Å². The summed E-state index contributed by atoms with van der Waals surface area (Å²) in [7, 11) is 0. The van der Waals surface area contributed by atoms with Crippen molar-refractivity contribution in [1.82, 2.24) is 20.2 Å². The Morgan fingerprint density at radius 1 is 1.10 bits per heavy atom. The second-order valence-corrected chi connectivity index (χ2v) is 7.55. The number of anilines is 2. The Morgan fingerprint density at radius 3 is 2.69 bits per heavy atom. The SMILES string of the molecule is O=C(CSc1nnnn1Cc1ccccc1)Nc1ccccc1N1CCCC1=O. The first-order valence-corrected chi connectivity index (χ1v) is 10.3. The smallest absolute Gasteiger partial charge is 0.234 e. The number of hydrogen-bond donors (Lipinski definition) is 1. The monoisotopic (exact) mass is 408 g/mol. The van der Waals surface area contributed by atoms with Gasteiger partial charge in [0, 0.05) is 13.0 Å². The molecular formula is C20H20N6O2S. The van der Waals surface area contributed by atoms with Gasteiger partial charge in [-0.1, -0.05) is 54.2 Å². The van der Waals surface area contributed by atoms with Gasteiger partial charge in [0.15, 0.2) is 0 Å². The predicted octanol–water partition coefficient (Wildman–Crippen LogP) is 2.58. The molecule has 2 aromatic carbocycles. The number of carbonyl (C=O) groups excluding carboxylic acids is 2. The van der Waals surface area contributed by atoms with Crippen LogP contribution in [0.3, 0.4) is 0 Å². The second-order valence-electron chi connectivity index (χ2n) is 6.61. The van der Waals surface area contributed by atoms with Crippen molar-refractivity contribution in [1.29, 1.82) is 0 Å². The molecule has 2 heterocycles. The van der Waals surface area contributed by atoms with Gasteiger partial charge in [-0.15, -0.1) is 5.10 Å². The van der Waals surface area contributed by atoms with Crippen LogP contribution in [0.5, 0.6) is 0 Å². The molecule has 1 aliphatic rings. The van der Waals surface area contributed by atoms with Gasteiger partial charge < -0.3 is 10.2 Å². The summed E-state index contributed by atoms with van der Waals surface area (Å²) in [6.07, 6.45) is 1.38. The quantitative estimate of drug-likeness (QED) is 0.604. The van der Waals surface area contributed by atoms with E-state index in [1.54, 1.807) is 9.58 Å². The lowest BCUT2D eigenvalue weighted by Crippen LogP contribution is -2.26. The maximum Gasteiger partial charge on any atom is 0.234 e. The molecule has 0 atom stereocenters. The molecule has 9 heteroatoms. The van der Waals surface area contributed by atoms with Gasteiger partial charge in [0.25, 0.3) is 0 Å². The molecule has 0 radical (unpaired) electrons. The molecule has 148 valence electrons. The van der Waals surface area contributed by atoms with E-state index in [1.807, 2.05) is 54.6 Å². The number of nitrogens with one attached hydrogen (secondary N) is 1. The highest BCUT2D eigenvalue weighted by atomic mass is 32.2. The summed E-state index contributed by atoms with van der Waals surface area (Å²) in [5.74, 6) is 0.0711. The van der Waals surface area contributed by atoms with Gasteiger partial charge in [0.1, 0.15) is 0 Å². The van der Waals surface area contributed by atoms with Crippen LogP contribution in [0.15, 0.2) is 59.8 Å². The third-order valence-corrected chi connectivity index (χ3v) is 5.51. The lowest BCUT2D eigenvalue weighted by molar-refractivity contribution is -0.117. The molecule has 1 N–H and O–H groups in total. The zero-order valence-electron chi connectivity index (χ0n) is 15.7. The molecule has 0 saturated carbocycles. The number of tetrazole rings is 1. The average molecular weight is 408 g/mol. The molecule has 3 aromatic rings. The molecular weight excluding hydrogens is 388 g/mol. The van der Waals surface area contributed by atoms with Gasteiger partial charge in [0.2, 0.25) is 17.0 Å². The highest BCUT2D eigenvalue weighted by Crippen LogP contribution is 2.29. The normalized spacial score (nSPS) is 13.7. The summed E-state index contributed by atoms with van der Waals surface area (Å²) >= 11 is 1.27. The predicted molar refractivity (Wildman–Crippen MR) is 111 cm³/mol. The number of thioether (sulfide) groups is 1. The van der Waals surface area contributed by atoms with Gasteiger partial charge >= 0.3 is 0 Å². The maximum atomic E-state index is 12.5. The van der Waals surface area contributed by atoms with Crippen LogP contribution in [0, 0.1) is 0 Å². The highest BCUT2D eigenvalue weighted by Gasteiger charge is 2.24. The van der Waals surface area contributed by atoms with Crippen molar-refractivity contribution in [2.45, 2.75) is 24.5 Å². The van der Waals surface area contributed by atoms with E-state index in [9.17, 15) is 9.59 Å². The first-order valence-electron chi connectivity index (χ1n) is 9.33. The van der Waals surface area contributed by atoms with E-state index in [-0.39, 0.29) is 17.6 Å². The third-order valence-electron chi connectivity index (χ3n) is 4.55. The van der Waals surface area contributed by atoms with Crippen LogP contribution in [0.25, 0.3) is 0 Å². The zero-order valence-corrected chi connectivity index (χ0v) is 16.5. The lowest BCUT2D eigenvalue weighted by atomic mass is 10.2. The molecule has 2 amide bonds. The van der Waals surface area contributed by atoms with Crippen molar-refractivity contribution >= 4 is 35.0 Å². The fourth-order valence-electron chi connectivity index (χ4n) is 3.19. The molecule has 8 nitrogen and oxygen atoms in total. The van der Waals surface area contributed by atoms with E-state index in [1.165, 1.54) is 11.8 Å². The van der Waals surface area contributed by atoms with Gasteiger partial charge in [-0.05, 0) is 34.5 Å². The van der Waals surface area contributed by atoms with Crippen molar-refractivity contribution < 1.29 is 9.59 Å². The van der Waals surface area contributed by atoms with Crippen molar-refractivity contribution in [2.75, 3.05) is 22.5 Å². The zero-order chi connectivity index (χ0) is 20.1. The number of amides is 2. The Labute approximate surface area is 172 Å². The molecule has 0 aliphatic carbocycles. The highest BCUT2D eigenvalue weighted by molar-refractivity contribution is 7.99. The number of rotatable bonds is 7. The molecule has 29 heavy (non-hydrogen) atoms. The maximum absolute atomic E-state index is 12.5. The van der Waals surface area contributed by atoms with Gasteiger partial charge in [0.05, 0.1) is 23.7 Å². The Balaban J connectivity index is 1.38. The van der Waals surface area contributed by atoms with Crippen LogP contribution < -0.4 is 10.2 Å². The number of carbonyl (C=O) groups is 2. The standard InChI is InChI=1S/C20H20N6O2S/c27-18(21-16-9-4-5-10-17(16)25-12-6-11-19(25)28)14-29-20-22-23-24-26(20)13-15-7-2-1-3-8-15/h1-5,7-10H,6,11-14H2,(H,21,27). The van der Waals surface area contributed by atoms with Crippen molar-refractivity contribution in [3.63, 3.8) is 0 Å². The molecule has 1 fully saturated rings. The number of hydrogen-bond acceptors (Lipinski definition) is 6. The van der Waals surface area contributed by atoms with E-state index in [0.717, 1.165) is 17.7 Å². The Morgan fingerprint density at radius 2 is 1.90 bits per heavy atom. The van der Waals surface area contributed by atoms with E-state index in [2.05, 4.69) is 20.8 Å². The van der Waals surface area contributed by atoms with Crippen LogP contribution in [0.2, 0.25) is 0 Å². The van der Waals surface area contributed by atoms with E-state index in [0.29, 0.717) is 30.4 Å². The summed E-state index contributed by atoms with van der Waals surface area (Å²) in [4.78, 5) is 26.3. The van der Waals surface area contributed by atoms with Gasteiger partial charge in [-0.2, -0.15) is 0 Å². The van der Waals surface area contributed by atoms with Crippen molar-refractivity contribution in [3.8, 4) is 0 Å². The number of benzene rings is 2. The van der Waals surface area contributed by atoms with Crippen molar-refractivity contribution in [2.24, 2.45) is 0 Å². The number of aromatic nitrogens is 4. The fourth-order valence-corrected chi connectivity index (χ4v) is 3.87.